The number of morpholine rings is 1. The van der Waals surface area contributed by atoms with E-state index in [4.69, 9.17) is 9.47 Å². The van der Waals surface area contributed by atoms with Gasteiger partial charge in [-0.2, -0.15) is 0 Å². The van der Waals surface area contributed by atoms with Crippen molar-refractivity contribution in [2.24, 2.45) is 0 Å². The van der Waals surface area contributed by atoms with E-state index in [0.717, 1.165) is 16.7 Å². The number of hydrogen-bond acceptors (Lipinski definition) is 5. The Balaban J connectivity index is 1.56. The molecule has 2 aliphatic heterocycles. The van der Waals surface area contributed by atoms with Crippen LogP contribution in [0.5, 0.6) is 0 Å². The molecule has 0 spiro atoms. The highest BCUT2D eigenvalue weighted by Gasteiger charge is 2.61. The van der Waals surface area contributed by atoms with Crippen molar-refractivity contribution in [3.8, 4) is 0 Å². The molecule has 2 aliphatic rings. The number of rotatable bonds is 8. The lowest BCUT2D eigenvalue weighted by atomic mass is 9.94. The zero-order chi connectivity index (χ0) is 24.3. The number of hydrogen-bond donors (Lipinski definition) is 2. The monoisotopic (exact) mass is 471 g/mol. The number of carbonyl (C=O) groups is 2. The molecule has 3 aromatic rings. The molecule has 2 fully saturated rings. The van der Waals surface area contributed by atoms with Crippen LogP contribution in [0.4, 0.5) is 0 Å². The Bertz CT molecular complexity index is 1120. The molecule has 2 N–H and O–H groups in total. The van der Waals surface area contributed by atoms with E-state index in [1.807, 2.05) is 98.0 Å². The lowest BCUT2D eigenvalue weighted by Gasteiger charge is -2.42. The normalized spacial score (nSPS) is 23.5. The first kappa shape index (κ1) is 23.2. The van der Waals surface area contributed by atoms with Crippen LogP contribution in [-0.4, -0.2) is 55.6 Å². The first-order chi connectivity index (χ1) is 17.1. The van der Waals surface area contributed by atoms with Crippen molar-refractivity contribution in [2.75, 3.05) is 26.7 Å². The van der Waals surface area contributed by atoms with Gasteiger partial charge in [0, 0.05) is 18.7 Å². The van der Waals surface area contributed by atoms with Crippen molar-refractivity contribution in [3.63, 3.8) is 0 Å². The van der Waals surface area contributed by atoms with Crippen LogP contribution in [0.3, 0.4) is 0 Å². The zero-order valence-corrected chi connectivity index (χ0v) is 19.6. The molecule has 0 radical (unpaired) electrons. The van der Waals surface area contributed by atoms with E-state index in [2.05, 4.69) is 10.6 Å². The fourth-order valence-electron chi connectivity index (χ4n) is 4.84. The van der Waals surface area contributed by atoms with E-state index in [1.165, 1.54) is 0 Å². The second-order valence-electron chi connectivity index (χ2n) is 8.78. The molecular formula is C28H29N3O4. The molecule has 2 saturated heterocycles. The molecular weight excluding hydrogens is 442 g/mol. The average molecular weight is 472 g/mol. The number of ether oxygens (including phenoxy) is 2. The average Bonchev–Trinajstić information content (AvgIpc) is 3.25. The second-order valence-corrected chi connectivity index (χ2v) is 8.78. The van der Waals surface area contributed by atoms with Gasteiger partial charge < -0.3 is 25.0 Å². The molecule has 180 valence electrons. The van der Waals surface area contributed by atoms with Gasteiger partial charge in [-0.25, -0.2) is 0 Å². The Morgan fingerprint density at radius 3 is 2.06 bits per heavy atom. The van der Waals surface area contributed by atoms with Crippen LogP contribution in [0.15, 0.2) is 91.0 Å². The summed E-state index contributed by atoms with van der Waals surface area (Å²) in [5, 5.41) is 5.86. The maximum atomic E-state index is 13.9. The molecule has 35 heavy (non-hydrogen) atoms. The fourth-order valence-corrected chi connectivity index (χ4v) is 4.84. The number of likely N-dealkylation sites (N-methyl/N-ethyl adjacent to an activating group) is 1. The Hall–Kier alpha value is -3.52. The highest BCUT2D eigenvalue weighted by atomic mass is 16.8. The third-order valence-electron chi connectivity index (χ3n) is 6.50. The van der Waals surface area contributed by atoms with Gasteiger partial charge in [0.05, 0.1) is 12.6 Å². The third-order valence-corrected chi connectivity index (χ3v) is 6.50. The first-order valence-corrected chi connectivity index (χ1v) is 11.9. The number of carbonyl (C=O) groups excluding carboxylic acids is 2. The van der Waals surface area contributed by atoms with Crippen molar-refractivity contribution in [1.82, 2.24) is 15.5 Å². The first-order valence-electron chi connectivity index (χ1n) is 11.9. The van der Waals surface area contributed by atoms with Crippen molar-refractivity contribution in [3.05, 3.63) is 108 Å². The Morgan fingerprint density at radius 1 is 0.914 bits per heavy atom. The zero-order valence-electron chi connectivity index (χ0n) is 19.6. The smallest absolute Gasteiger partial charge is 0.256 e. The van der Waals surface area contributed by atoms with Gasteiger partial charge in [-0.15, -0.1) is 0 Å². The maximum absolute atomic E-state index is 13.9. The van der Waals surface area contributed by atoms with Gasteiger partial charge in [0.25, 0.3) is 11.8 Å². The number of fused-ring (bicyclic) bond motifs is 2. The summed E-state index contributed by atoms with van der Waals surface area (Å²) in [4.78, 5) is 28.8. The summed E-state index contributed by atoms with van der Waals surface area (Å²) in [7, 11) is 1.81. The van der Waals surface area contributed by atoms with Gasteiger partial charge in [0.1, 0.15) is 0 Å². The van der Waals surface area contributed by atoms with Gasteiger partial charge in [0.15, 0.2) is 12.2 Å². The van der Waals surface area contributed by atoms with Crippen LogP contribution < -0.4 is 10.6 Å². The third kappa shape index (κ3) is 4.46. The van der Waals surface area contributed by atoms with Crippen molar-refractivity contribution in [2.45, 2.75) is 24.0 Å². The van der Waals surface area contributed by atoms with Crippen molar-refractivity contribution in [1.29, 1.82) is 0 Å². The van der Waals surface area contributed by atoms with E-state index in [1.54, 1.807) is 4.90 Å². The SMILES string of the molecule is CNCCNC(=O)[C@@H]1O[C@@]2(c3ccccc3)CN(C(c3ccccc3)c3ccccc3)C(=O)[C@@H]1O2. The molecule has 3 aromatic carbocycles. The van der Waals surface area contributed by atoms with Crippen molar-refractivity contribution < 1.29 is 19.1 Å². The fraction of sp³-hybridized carbons (Fsp3) is 0.286. The molecule has 0 aliphatic carbocycles. The van der Waals surface area contributed by atoms with Crippen LogP contribution in [0.2, 0.25) is 0 Å². The molecule has 5 rings (SSSR count). The topological polar surface area (TPSA) is 79.9 Å². The minimum Gasteiger partial charge on any atom is -0.352 e. The number of benzene rings is 3. The molecule has 3 atom stereocenters. The van der Waals surface area contributed by atoms with Gasteiger partial charge in [-0.05, 0) is 18.2 Å². The van der Waals surface area contributed by atoms with E-state index in [-0.39, 0.29) is 24.4 Å². The highest BCUT2D eigenvalue weighted by molar-refractivity contribution is 5.93. The minimum atomic E-state index is -1.24. The number of amides is 2. The van der Waals surface area contributed by atoms with Crippen LogP contribution in [0, 0.1) is 0 Å². The molecule has 2 bridgehead atoms. The minimum absolute atomic E-state index is 0.154. The van der Waals surface area contributed by atoms with Crippen molar-refractivity contribution >= 4 is 11.8 Å². The second kappa shape index (κ2) is 10.00. The Morgan fingerprint density at radius 2 is 1.49 bits per heavy atom. The highest BCUT2D eigenvalue weighted by Crippen LogP contribution is 2.46. The number of nitrogens with zero attached hydrogens (tertiary/aromatic N) is 1. The van der Waals surface area contributed by atoms with Gasteiger partial charge in [-0.1, -0.05) is 91.0 Å². The van der Waals surface area contributed by atoms with Crippen LogP contribution in [-0.2, 0) is 24.8 Å². The van der Waals surface area contributed by atoms with E-state index in [9.17, 15) is 9.59 Å². The van der Waals surface area contributed by atoms with Crippen LogP contribution in [0.25, 0.3) is 0 Å². The Labute approximate surface area is 205 Å². The lowest BCUT2D eigenvalue weighted by Crippen LogP contribution is -2.55. The molecule has 7 heteroatoms. The quantitative estimate of drug-likeness (QED) is 0.494. The predicted octanol–water partition coefficient (Wildman–Crippen LogP) is 2.59. The molecule has 7 nitrogen and oxygen atoms in total. The largest absolute Gasteiger partial charge is 0.352 e. The Kier molecular flexibility index (Phi) is 6.63. The summed E-state index contributed by atoms with van der Waals surface area (Å²) in [6.07, 6.45) is -2.09. The predicted molar refractivity (Wildman–Crippen MR) is 131 cm³/mol. The molecule has 2 heterocycles. The van der Waals surface area contributed by atoms with E-state index < -0.39 is 18.0 Å². The van der Waals surface area contributed by atoms with E-state index >= 15 is 0 Å². The summed E-state index contributed by atoms with van der Waals surface area (Å²) in [5.41, 5.74) is 2.73. The molecule has 2 amide bonds. The summed E-state index contributed by atoms with van der Waals surface area (Å²) >= 11 is 0. The van der Waals surface area contributed by atoms with Crippen LogP contribution >= 0.6 is 0 Å². The molecule has 0 aromatic heterocycles. The van der Waals surface area contributed by atoms with E-state index in [0.29, 0.717) is 13.1 Å². The van der Waals surface area contributed by atoms with Gasteiger partial charge >= 0.3 is 0 Å². The summed E-state index contributed by atoms with van der Waals surface area (Å²) in [5.74, 6) is -1.86. The lowest BCUT2D eigenvalue weighted by molar-refractivity contribution is -0.220. The maximum Gasteiger partial charge on any atom is 0.256 e. The summed E-state index contributed by atoms with van der Waals surface area (Å²) in [6, 6.07) is 29.0. The standard InChI is InChI=1S/C28H29N3O4/c1-29-17-18-30-26(32)24-25-27(33)31(19-28(34-24,35-25)22-15-9-4-10-16-22)23(20-11-5-2-6-12-20)21-13-7-3-8-14-21/h2-16,23-25,29H,17-19H2,1H3,(H,30,32)/t24-,25-,28+/m1/s1. The summed E-state index contributed by atoms with van der Waals surface area (Å²) in [6.45, 7) is 1.19. The summed E-state index contributed by atoms with van der Waals surface area (Å²) < 4.78 is 12.6. The molecule has 0 unspecified atom stereocenters. The molecule has 0 saturated carbocycles. The van der Waals surface area contributed by atoms with Crippen LogP contribution in [0.1, 0.15) is 22.7 Å². The van der Waals surface area contributed by atoms with Gasteiger partial charge in [-0.3, -0.25) is 9.59 Å². The number of nitrogens with one attached hydrogen (secondary N) is 2. The van der Waals surface area contributed by atoms with Gasteiger partial charge in [0.2, 0.25) is 5.79 Å².